The summed E-state index contributed by atoms with van der Waals surface area (Å²) in [4.78, 5) is 0. The molecule has 1 nitrogen and oxygen atoms in total. The van der Waals surface area contributed by atoms with E-state index in [1.165, 1.54) is 12.1 Å². The number of ether oxygens (including phenoxy) is 1. The van der Waals surface area contributed by atoms with Gasteiger partial charge in [0.25, 0.3) is 0 Å². The number of allylic oxidation sites excluding steroid dienone is 3. The Hall–Kier alpha value is -3.34. The molecular weight excluding hydrogens is 488 g/mol. The van der Waals surface area contributed by atoms with E-state index in [0.717, 1.165) is 56.9 Å². The van der Waals surface area contributed by atoms with Crippen molar-refractivity contribution in [1.82, 2.24) is 0 Å². The molecule has 0 aliphatic heterocycles. The number of benzene rings is 3. The second kappa shape index (κ2) is 12.9. The molecule has 0 saturated heterocycles. The Morgan fingerprint density at radius 1 is 0.816 bits per heavy atom. The molecule has 4 rings (SSSR count). The highest BCUT2D eigenvalue weighted by Crippen LogP contribution is 2.37. The van der Waals surface area contributed by atoms with E-state index in [-0.39, 0.29) is 16.9 Å². The number of hydrogen-bond donors (Lipinski definition) is 0. The molecule has 0 saturated carbocycles. The normalized spacial score (nSPS) is 15.3. The molecule has 0 heterocycles. The molecule has 0 bridgehead atoms. The second-order valence-electron chi connectivity index (χ2n) is 9.90. The van der Waals surface area contributed by atoms with Crippen molar-refractivity contribution in [2.75, 3.05) is 6.61 Å². The average Bonchev–Trinajstić information content (AvgIpc) is 2.94. The largest absolute Gasteiger partial charge is 0.490 e. The molecule has 1 aliphatic rings. The number of rotatable bonds is 11. The lowest BCUT2D eigenvalue weighted by atomic mass is 9.83. The van der Waals surface area contributed by atoms with E-state index < -0.39 is 23.3 Å². The average molecular weight is 523 g/mol. The summed E-state index contributed by atoms with van der Waals surface area (Å²) in [5.74, 6) is -3.36. The van der Waals surface area contributed by atoms with Crippen LogP contribution < -0.4 is 4.74 Å². The van der Waals surface area contributed by atoms with Gasteiger partial charge in [0.05, 0.1) is 6.61 Å². The van der Waals surface area contributed by atoms with Crippen molar-refractivity contribution in [3.05, 3.63) is 96.1 Å². The minimum atomic E-state index is -1.03. The van der Waals surface area contributed by atoms with E-state index in [1.807, 2.05) is 12.2 Å². The summed E-state index contributed by atoms with van der Waals surface area (Å²) < 4.78 is 65.0. The van der Waals surface area contributed by atoms with Crippen molar-refractivity contribution in [2.45, 2.75) is 58.3 Å². The van der Waals surface area contributed by atoms with Crippen molar-refractivity contribution < 1.29 is 22.3 Å². The Balaban J connectivity index is 1.51. The molecule has 0 amide bonds. The minimum absolute atomic E-state index is 0.0765. The van der Waals surface area contributed by atoms with Crippen LogP contribution in [-0.2, 0) is 0 Å². The summed E-state index contributed by atoms with van der Waals surface area (Å²) in [7, 11) is 0. The molecule has 0 fully saturated rings. The van der Waals surface area contributed by atoms with Crippen LogP contribution in [0.15, 0.2) is 67.3 Å². The van der Waals surface area contributed by atoms with Crippen molar-refractivity contribution in [3.63, 3.8) is 0 Å². The molecule has 0 radical (unpaired) electrons. The smallest absolute Gasteiger partial charge is 0.201 e. The maximum atomic E-state index is 15.1. The standard InChI is InChI=1S/C33H34F4O/c1-3-5-7-21-38-29-20-19-28(32(36)33(29)37)25-15-13-24(14-16-25)27-18-17-26(30(34)31(27)35)23-11-9-22(10-12-23)8-6-4-2/h4,11,13-20,22H,2-3,5-10,12,21H2,1H3. The molecule has 5 heteroatoms. The predicted octanol–water partition coefficient (Wildman–Crippen LogP) is 10.3. The molecular formula is C33H34F4O. The van der Waals surface area contributed by atoms with Gasteiger partial charge < -0.3 is 4.74 Å². The Bertz CT molecular complexity index is 1290. The highest BCUT2D eigenvalue weighted by atomic mass is 19.2. The summed E-state index contributed by atoms with van der Waals surface area (Å²) in [5.41, 5.74) is 2.23. The molecule has 3 aromatic rings. The predicted molar refractivity (Wildman–Crippen MR) is 147 cm³/mol. The summed E-state index contributed by atoms with van der Waals surface area (Å²) in [6.07, 6.45) is 11.2. The van der Waals surface area contributed by atoms with Crippen LogP contribution in [0.2, 0.25) is 0 Å². The lowest BCUT2D eigenvalue weighted by Gasteiger charge is -2.22. The van der Waals surface area contributed by atoms with Gasteiger partial charge in [0.1, 0.15) is 0 Å². The fourth-order valence-corrected chi connectivity index (χ4v) is 5.00. The van der Waals surface area contributed by atoms with E-state index in [0.29, 0.717) is 29.2 Å². The van der Waals surface area contributed by atoms with Crippen molar-refractivity contribution in [2.24, 2.45) is 5.92 Å². The first-order chi connectivity index (χ1) is 18.4. The molecule has 1 unspecified atom stereocenters. The lowest BCUT2D eigenvalue weighted by molar-refractivity contribution is 0.286. The van der Waals surface area contributed by atoms with Crippen LogP contribution in [0.4, 0.5) is 17.6 Å². The van der Waals surface area contributed by atoms with Crippen LogP contribution in [0, 0.1) is 29.2 Å². The van der Waals surface area contributed by atoms with Gasteiger partial charge in [-0.05, 0) is 73.3 Å². The number of halogens is 4. The summed E-state index contributed by atoms with van der Waals surface area (Å²) in [6.45, 7) is 6.14. The van der Waals surface area contributed by atoms with Crippen LogP contribution in [0.1, 0.15) is 63.9 Å². The monoisotopic (exact) mass is 522 g/mol. The first-order valence-corrected chi connectivity index (χ1v) is 13.4. The van der Waals surface area contributed by atoms with Gasteiger partial charge in [-0.1, -0.05) is 68.3 Å². The Morgan fingerprint density at radius 2 is 1.42 bits per heavy atom. The summed E-state index contributed by atoms with van der Waals surface area (Å²) >= 11 is 0. The molecule has 0 N–H and O–H groups in total. The number of unbranched alkanes of at least 4 members (excludes halogenated alkanes) is 2. The van der Waals surface area contributed by atoms with Crippen LogP contribution in [0.5, 0.6) is 5.75 Å². The Kier molecular flexibility index (Phi) is 9.43. The third kappa shape index (κ3) is 6.20. The van der Waals surface area contributed by atoms with Gasteiger partial charge in [-0.2, -0.15) is 4.39 Å². The zero-order chi connectivity index (χ0) is 27.1. The molecule has 200 valence electrons. The third-order valence-corrected chi connectivity index (χ3v) is 7.29. The van der Waals surface area contributed by atoms with Crippen LogP contribution >= 0.6 is 0 Å². The fraction of sp³-hybridized carbons (Fsp3) is 0.333. The van der Waals surface area contributed by atoms with Crippen molar-refractivity contribution in [3.8, 4) is 28.0 Å². The highest BCUT2D eigenvalue weighted by molar-refractivity contribution is 5.74. The van der Waals surface area contributed by atoms with E-state index in [2.05, 4.69) is 13.5 Å². The molecule has 1 atom stereocenters. The topological polar surface area (TPSA) is 9.23 Å². The SMILES string of the molecule is C=CCCC1CC=C(c2ccc(-c3ccc(-c4ccc(OCCCCC)c(F)c4F)cc3)c(F)c2F)CC1. The van der Waals surface area contributed by atoms with Gasteiger partial charge in [-0.3, -0.25) is 0 Å². The van der Waals surface area contributed by atoms with Gasteiger partial charge >= 0.3 is 0 Å². The van der Waals surface area contributed by atoms with E-state index in [1.54, 1.807) is 36.4 Å². The highest BCUT2D eigenvalue weighted by Gasteiger charge is 2.21. The van der Waals surface area contributed by atoms with Crippen LogP contribution in [0.3, 0.4) is 0 Å². The van der Waals surface area contributed by atoms with E-state index >= 15 is 8.78 Å². The maximum absolute atomic E-state index is 15.1. The van der Waals surface area contributed by atoms with Gasteiger partial charge in [-0.15, -0.1) is 6.58 Å². The zero-order valence-electron chi connectivity index (χ0n) is 21.8. The second-order valence-corrected chi connectivity index (χ2v) is 9.90. The minimum Gasteiger partial charge on any atom is -0.490 e. The van der Waals surface area contributed by atoms with Crippen molar-refractivity contribution >= 4 is 5.57 Å². The fourth-order valence-electron chi connectivity index (χ4n) is 5.00. The maximum Gasteiger partial charge on any atom is 0.201 e. The summed E-state index contributed by atoms with van der Waals surface area (Å²) in [6, 6.07) is 12.4. The molecule has 3 aromatic carbocycles. The first-order valence-electron chi connectivity index (χ1n) is 13.4. The number of hydrogen-bond acceptors (Lipinski definition) is 1. The lowest BCUT2D eigenvalue weighted by Crippen LogP contribution is -2.07. The van der Waals surface area contributed by atoms with Gasteiger partial charge in [-0.25, -0.2) is 13.2 Å². The molecule has 0 spiro atoms. The van der Waals surface area contributed by atoms with E-state index in [9.17, 15) is 8.78 Å². The van der Waals surface area contributed by atoms with Gasteiger partial charge in [0.2, 0.25) is 5.82 Å². The zero-order valence-corrected chi connectivity index (χ0v) is 21.8. The quantitative estimate of drug-likeness (QED) is 0.138. The van der Waals surface area contributed by atoms with Crippen LogP contribution in [0.25, 0.3) is 27.8 Å². The van der Waals surface area contributed by atoms with Crippen LogP contribution in [-0.4, -0.2) is 6.61 Å². The first kappa shape index (κ1) is 27.7. The molecule has 38 heavy (non-hydrogen) atoms. The Labute approximate surface area is 222 Å². The van der Waals surface area contributed by atoms with Crippen molar-refractivity contribution in [1.29, 1.82) is 0 Å². The third-order valence-electron chi connectivity index (χ3n) is 7.29. The molecule has 1 aliphatic carbocycles. The van der Waals surface area contributed by atoms with Gasteiger partial charge in [0, 0.05) is 16.7 Å². The Morgan fingerprint density at radius 3 is 2.03 bits per heavy atom. The molecule has 0 aromatic heterocycles. The van der Waals surface area contributed by atoms with Gasteiger partial charge in [0.15, 0.2) is 23.2 Å². The van der Waals surface area contributed by atoms with E-state index in [4.69, 9.17) is 4.74 Å². The summed E-state index contributed by atoms with van der Waals surface area (Å²) in [5, 5.41) is 0.